The maximum atomic E-state index is 5.97. The molecule has 0 bridgehead atoms. The van der Waals surface area contributed by atoms with E-state index in [0.717, 1.165) is 37.5 Å². The Balaban J connectivity index is 1.50. The second-order valence-electron chi connectivity index (χ2n) is 5.49. The summed E-state index contributed by atoms with van der Waals surface area (Å²) >= 11 is 1.86. The number of benzene rings is 1. The van der Waals surface area contributed by atoms with Crippen molar-refractivity contribution in [3.05, 3.63) is 46.2 Å². The molecule has 0 unspecified atom stereocenters. The van der Waals surface area contributed by atoms with Gasteiger partial charge in [0.1, 0.15) is 5.75 Å². The summed E-state index contributed by atoms with van der Waals surface area (Å²) in [6.07, 6.45) is 1.14. The van der Waals surface area contributed by atoms with E-state index in [4.69, 9.17) is 10.5 Å². The molecule has 1 aliphatic heterocycles. The lowest BCUT2D eigenvalue weighted by molar-refractivity contribution is 0.264. The number of guanidine groups is 1. The van der Waals surface area contributed by atoms with E-state index in [1.165, 1.54) is 10.4 Å². The maximum Gasteiger partial charge on any atom is 0.193 e. The fourth-order valence-corrected chi connectivity index (χ4v) is 3.62. The second-order valence-corrected chi connectivity index (χ2v) is 6.49. The number of nitrogens with one attached hydrogen (secondary N) is 1. The number of nitrogens with zero attached hydrogens (tertiary/aromatic N) is 2. The summed E-state index contributed by atoms with van der Waals surface area (Å²) in [4.78, 5) is 8.38. The fourth-order valence-electron chi connectivity index (χ4n) is 2.74. The highest BCUT2D eigenvalue weighted by Gasteiger charge is 2.16. The molecule has 0 aliphatic carbocycles. The van der Waals surface area contributed by atoms with E-state index in [1.807, 2.05) is 35.6 Å². The van der Waals surface area contributed by atoms with Gasteiger partial charge in [0.2, 0.25) is 0 Å². The largest absolute Gasteiger partial charge is 0.495 e. The van der Waals surface area contributed by atoms with Gasteiger partial charge in [0.15, 0.2) is 5.96 Å². The molecule has 3 N–H and O–H groups in total. The van der Waals surface area contributed by atoms with Gasteiger partial charge in [-0.1, -0.05) is 12.1 Å². The smallest absolute Gasteiger partial charge is 0.193 e. The molecule has 2 aromatic rings. The Labute approximate surface area is 140 Å². The van der Waals surface area contributed by atoms with Crippen molar-refractivity contribution in [1.29, 1.82) is 0 Å². The third-order valence-corrected chi connectivity index (χ3v) is 4.98. The average Bonchev–Trinajstić information content (AvgIpc) is 3.03. The lowest BCUT2D eigenvalue weighted by atomic mass is 10.1. The molecule has 2 heterocycles. The van der Waals surface area contributed by atoms with Crippen LogP contribution < -0.4 is 15.8 Å². The van der Waals surface area contributed by atoms with E-state index in [-0.39, 0.29) is 0 Å². The molecule has 122 valence electrons. The Hall–Kier alpha value is -2.05. The lowest BCUT2D eigenvalue weighted by Crippen LogP contribution is -2.32. The molecule has 0 saturated carbocycles. The minimum absolute atomic E-state index is 0.419. The highest BCUT2D eigenvalue weighted by atomic mass is 32.1. The number of hydrogen-bond acceptors (Lipinski definition) is 4. The summed E-state index contributed by atoms with van der Waals surface area (Å²) in [7, 11) is 1.64. The van der Waals surface area contributed by atoms with E-state index in [9.17, 15) is 0 Å². The van der Waals surface area contributed by atoms with Gasteiger partial charge in [-0.2, -0.15) is 0 Å². The first-order valence-corrected chi connectivity index (χ1v) is 8.62. The summed E-state index contributed by atoms with van der Waals surface area (Å²) in [5.41, 5.74) is 8.27. The van der Waals surface area contributed by atoms with Crippen LogP contribution in [-0.4, -0.2) is 37.6 Å². The molecule has 0 spiro atoms. The molecule has 0 fully saturated rings. The summed E-state index contributed by atoms with van der Waals surface area (Å²) in [5.74, 6) is 1.18. The van der Waals surface area contributed by atoms with Gasteiger partial charge in [0, 0.05) is 24.5 Å². The molecule has 0 radical (unpaired) electrons. The second kappa shape index (κ2) is 7.48. The van der Waals surface area contributed by atoms with Crippen molar-refractivity contribution in [2.75, 3.05) is 32.1 Å². The summed E-state index contributed by atoms with van der Waals surface area (Å²) < 4.78 is 5.29. The zero-order chi connectivity index (χ0) is 16.1. The van der Waals surface area contributed by atoms with Crippen LogP contribution in [0.5, 0.6) is 5.75 Å². The summed E-state index contributed by atoms with van der Waals surface area (Å²) in [6, 6.07) is 9.90. The van der Waals surface area contributed by atoms with Crippen LogP contribution in [-0.2, 0) is 13.0 Å². The maximum absolute atomic E-state index is 5.97. The lowest BCUT2D eigenvalue weighted by Gasteiger charge is -2.26. The molecule has 1 aliphatic rings. The monoisotopic (exact) mass is 330 g/mol. The zero-order valence-electron chi connectivity index (χ0n) is 13.3. The molecule has 3 rings (SSSR count). The van der Waals surface area contributed by atoms with Crippen molar-refractivity contribution >= 4 is 23.0 Å². The van der Waals surface area contributed by atoms with E-state index in [2.05, 4.69) is 26.7 Å². The number of aliphatic imine (C=N–C) groups is 1. The van der Waals surface area contributed by atoms with Gasteiger partial charge in [0.25, 0.3) is 0 Å². The predicted octanol–water partition coefficient (Wildman–Crippen LogP) is 2.54. The standard InChI is InChI=1S/C17H22N4OS/c1-22-15-5-3-2-4-14(15)20-17(18)19-8-10-21-9-6-16-13(12-21)7-11-23-16/h2-5,7,11H,6,8-10,12H2,1H3,(H3,18,19,20). The molecule has 0 amide bonds. The van der Waals surface area contributed by atoms with E-state index < -0.39 is 0 Å². The SMILES string of the molecule is COc1ccccc1NC(N)=NCCN1CCc2sccc2C1. The molecule has 0 saturated heterocycles. The molecule has 6 heteroatoms. The Morgan fingerprint density at radius 2 is 2.26 bits per heavy atom. The van der Waals surface area contributed by atoms with Crippen molar-refractivity contribution in [3.8, 4) is 5.75 Å². The number of fused-ring (bicyclic) bond motifs is 1. The Kier molecular flexibility index (Phi) is 5.15. The Bertz CT molecular complexity index is 683. The number of rotatable bonds is 5. The topological polar surface area (TPSA) is 62.9 Å². The first-order valence-electron chi connectivity index (χ1n) is 7.74. The number of hydrogen-bond donors (Lipinski definition) is 2. The third-order valence-electron chi connectivity index (χ3n) is 3.95. The normalized spacial score (nSPS) is 15.3. The van der Waals surface area contributed by atoms with Crippen LogP contribution in [0.1, 0.15) is 10.4 Å². The number of anilines is 1. The van der Waals surface area contributed by atoms with Gasteiger partial charge in [-0.15, -0.1) is 11.3 Å². The van der Waals surface area contributed by atoms with E-state index >= 15 is 0 Å². The summed E-state index contributed by atoms with van der Waals surface area (Å²) in [5, 5.41) is 5.28. The number of thiophene rings is 1. The first kappa shape index (κ1) is 15.8. The van der Waals surface area contributed by atoms with Crippen LogP contribution in [0.25, 0.3) is 0 Å². The van der Waals surface area contributed by atoms with Crippen LogP contribution in [0.3, 0.4) is 0 Å². The molecular weight excluding hydrogens is 308 g/mol. The number of methoxy groups -OCH3 is 1. The van der Waals surface area contributed by atoms with Crippen LogP contribution in [0.2, 0.25) is 0 Å². The van der Waals surface area contributed by atoms with Gasteiger partial charge in [-0.3, -0.25) is 9.89 Å². The predicted molar refractivity (Wildman–Crippen MR) is 96.4 cm³/mol. The number of ether oxygens (including phenoxy) is 1. The number of nitrogens with two attached hydrogens (primary N) is 1. The van der Waals surface area contributed by atoms with Gasteiger partial charge in [-0.05, 0) is 35.6 Å². The van der Waals surface area contributed by atoms with Crippen LogP contribution in [0.15, 0.2) is 40.7 Å². The molecule has 5 nitrogen and oxygen atoms in total. The minimum atomic E-state index is 0.419. The Morgan fingerprint density at radius 3 is 3.13 bits per heavy atom. The van der Waals surface area contributed by atoms with Gasteiger partial charge in [0.05, 0.1) is 19.3 Å². The van der Waals surface area contributed by atoms with E-state index in [1.54, 1.807) is 7.11 Å². The molecule has 0 atom stereocenters. The fraction of sp³-hybridized carbons (Fsp3) is 0.353. The van der Waals surface area contributed by atoms with Crippen molar-refractivity contribution in [1.82, 2.24) is 4.90 Å². The highest BCUT2D eigenvalue weighted by molar-refractivity contribution is 7.10. The van der Waals surface area contributed by atoms with Gasteiger partial charge in [-0.25, -0.2) is 0 Å². The van der Waals surface area contributed by atoms with Crippen molar-refractivity contribution in [3.63, 3.8) is 0 Å². The third kappa shape index (κ3) is 4.03. The Morgan fingerprint density at radius 1 is 1.39 bits per heavy atom. The van der Waals surface area contributed by atoms with Crippen molar-refractivity contribution in [2.45, 2.75) is 13.0 Å². The van der Waals surface area contributed by atoms with Gasteiger partial charge < -0.3 is 15.8 Å². The van der Waals surface area contributed by atoms with Crippen LogP contribution in [0.4, 0.5) is 5.69 Å². The zero-order valence-corrected chi connectivity index (χ0v) is 14.1. The summed E-state index contributed by atoms with van der Waals surface area (Å²) in [6.45, 7) is 3.73. The number of para-hydroxylation sites is 2. The quantitative estimate of drug-likeness (QED) is 0.653. The molecule has 1 aromatic heterocycles. The van der Waals surface area contributed by atoms with Gasteiger partial charge >= 0.3 is 0 Å². The average molecular weight is 330 g/mol. The highest BCUT2D eigenvalue weighted by Crippen LogP contribution is 2.24. The van der Waals surface area contributed by atoms with Crippen molar-refractivity contribution < 1.29 is 4.74 Å². The molecule has 1 aromatic carbocycles. The first-order chi connectivity index (χ1) is 11.3. The molecule has 23 heavy (non-hydrogen) atoms. The minimum Gasteiger partial charge on any atom is -0.495 e. The van der Waals surface area contributed by atoms with Crippen LogP contribution >= 0.6 is 11.3 Å². The van der Waals surface area contributed by atoms with Crippen LogP contribution in [0, 0.1) is 0 Å². The molecular formula is C17H22N4OS. The van der Waals surface area contributed by atoms with Crippen molar-refractivity contribution in [2.24, 2.45) is 10.7 Å². The van der Waals surface area contributed by atoms with E-state index in [0.29, 0.717) is 12.5 Å².